The molecule has 0 spiro atoms. The molecule has 3 heterocycles. The van der Waals surface area contributed by atoms with E-state index in [9.17, 15) is 4.79 Å². The van der Waals surface area contributed by atoms with E-state index in [0.717, 1.165) is 16.6 Å². The third-order valence-electron chi connectivity index (χ3n) is 4.63. The van der Waals surface area contributed by atoms with Crippen LogP contribution >= 0.6 is 0 Å². The van der Waals surface area contributed by atoms with Crippen molar-refractivity contribution >= 4 is 27.9 Å². The fourth-order valence-electron chi connectivity index (χ4n) is 3.27. The first-order valence-corrected chi connectivity index (χ1v) is 8.89. The molecule has 0 aliphatic heterocycles. The van der Waals surface area contributed by atoms with E-state index in [0.29, 0.717) is 29.0 Å². The van der Waals surface area contributed by atoms with E-state index < -0.39 is 0 Å². The molecule has 5 rings (SSSR count). The number of nitrogens with zero attached hydrogens (tertiary/aromatic N) is 4. The zero-order chi connectivity index (χ0) is 18.9. The quantitative estimate of drug-likeness (QED) is 0.508. The average Bonchev–Trinajstić information content (AvgIpc) is 3.24. The summed E-state index contributed by atoms with van der Waals surface area (Å²) in [5.41, 5.74) is 2.86. The lowest BCUT2D eigenvalue weighted by atomic mass is 10.2. The highest BCUT2D eigenvalue weighted by atomic mass is 16.1. The summed E-state index contributed by atoms with van der Waals surface area (Å²) in [4.78, 5) is 22.2. The average molecular weight is 368 g/mol. The molecule has 2 N–H and O–H groups in total. The maximum Gasteiger partial charge on any atom is 0.267 e. The van der Waals surface area contributed by atoms with Crippen molar-refractivity contribution in [3.63, 3.8) is 0 Å². The van der Waals surface area contributed by atoms with Gasteiger partial charge >= 0.3 is 0 Å². The normalized spacial score (nSPS) is 11.1. The highest BCUT2D eigenvalue weighted by Crippen LogP contribution is 2.22. The lowest BCUT2D eigenvalue weighted by molar-refractivity contribution is 1.00. The maximum absolute atomic E-state index is 13.1. The number of anilines is 1. The van der Waals surface area contributed by atoms with Crippen LogP contribution in [0.25, 0.3) is 27.6 Å². The molecule has 3 aromatic heterocycles. The third kappa shape index (κ3) is 2.69. The van der Waals surface area contributed by atoms with Crippen molar-refractivity contribution in [1.82, 2.24) is 24.7 Å². The van der Waals surface area contributed by atoms with Crippen LogP contribution in [0.15, 0.2) is 77.9 Å². The van der Waals surface area contributed by atoms with E-state index in [1.165, 1.54) is 6.20 Å². The number of benzene rings is 2. The number of fused-ring (bicyclic) bond motifs is 3. The second kappa shape index (κ2) is 6.62. The van der Waals surface area contributed by atoms with Crippen LogP contribution in [0.1, 0.15) is 5.56 Å². The van der Waals surface area contributed by atoms with Crippen molar-refractivity contribution in [1.29, 1.82) is 0 Å². The molecule has 0 radical (unpaired) electrons. The molecule has 0 fully saturated rings. The van der Waals surface area contributed by atoms with Crippen molar-refractivity contribution in [2.24, 2.45) is 0 Å². The summed E-state index contributed by atoms with van der Waals surface area (Å²) in [6, 6.07) is 19.5. The number of nitrogens with one attached hydrogen (secondary N) is 2. The van der Waals surface area contributed by atoms with Gasteiger partial charge in [0.25, 0.3) is 5.56 Å². The number of rotatable bonds is 4. The van der Waals surface area contributed by atoms with Crippen LogP contribution in [0.4, 0.5) is 5.95 Å². The Balaban J connectivity index is 1.69. The zero-order valence-corrected chi connectivity index (χ0v) is 14.8. The Bertz CT molecular complexity index is 1330. The van der Waals surface area contributed by atoms with E-state index in [2.05, 4.69) is 25.5 Å². The molecule has 136 valence electrons. The highest BCUT2D eigenvalue weighted by Gasteiger charge is 2.16. The monoisotopic (exact) mass is 368 g/mol. The second-order valence-corrected chi connectivity index (χ2v) is 6.40. The van der Waals surface area contributed by atoms with Gasteiger partial charge in [-0.1, -0.05) is 48.5 Å². The number of aromatic amines is 1. The minimum Gasteiger partial charge on any atom is -0.350 e. The van der Waals surface area contributed by atoms with E-state index in [1.807, 2.05) is 60.7 Å². The van der Waals surface area contributed by atoms with E-state index in [-0.39, 0.29) is 5.56 Å². The molecule has 7 heteroatoms. The Morgan fingerprint density at radius 3 is 2.46 bits per heavy atom. The topological polar surface area (TPSA) is 88.5 Å². The fraction of sp³-hybridized carbons (Fsp3) is 0.0476. The predicted molar refractivity (Wildman–Crippen MR) is 109 cm³/mol. The van der Waals surface area contributed by atoms with Gasteiger partial charge in [0.1, 0.15) is 0 Å². The van der Waals surface area contributed by atoms with Crippen LogP contribution in [-0.4, -0.2) is 24.7 Å². The number of aromatic nitrogens is 5. The van der Waals surface area contributed by atoms with Gasteiger partial charge < -0.3 is 5.32 Å². The Hall–Kier alpha value is -4.00. The van der Waals surface area contributed by atoms with E-state index >= 15 is 0 Å². The van der Waals surface area contributed by atoms with Crippen LogP contribution in [0.5, 0.6) is 0 Å². The summed E-state index contributed by atoms with van der Waals surface area (Å²) in [6.45, 7) is 0.591. The standard InChI is InChI=1S/C21H16N6O/c28-20-17-13-24-26-18(17)16-12-23-21(22-11-14-7-3-1-4-8-14)25-19(16)27(20)15-9-5-2-6-10-15/h1-10,12-13H,11H2,(H,24,26)(H,22,23,25). The van der Waals surface area contributed by atoms with Crippen LogP contribution in [0.2, 0.25) is 0 Å². The number of para-hydroxylation sites is 1. The number of pyridine rings is 1. The SMILES string of the molecule is O=c1c2cn[nH]c2c2cnc(NCc3ccccc3)nc2n1-c1ccccc1. The molecular weight excluding hydrogens is 352 g/mol. The second-order valence-electron chi connectivity index (χ2n) is 6.40. The van der Waals surface area contributed by atoms with Gasteiger partial charge in [0.2, 0.25) is 5.95 Å². The molecule has 7 nitrogen and oxygen atoms in total. The van der Waals surface area contributed by atoms with Gasteiger partial charge in [0.15, 0.2) is 5.65 Å². The summed E-state index contributed by atoms with van der Waals surface area (Å²) in [7, 11) is 0. The van der Waals surface area contributed by atoms with Gasteiger partial charge in [-0.15, -0.1) is 0 Å². The smallest absolute Gasteiger partial charge is 0.267 e. The van der Waals surface area contributed by atoms with Gasteiger partial charge in [-0.05, 0) is 17.7 Å². The summed E-state index contributed by atoms with van der Waals surface area (Å²) >= 11 is 0. The first-order valence-electron chi connectivity index (χ1n) is 8.89. The molecule has 0 bridgehead atoms. The summed E-state index contributed by atoms with van der Waals surface area (Å²) in [5, 5.41) is 11.4. The van der Waals surface area contributed by atoms with Crippen molar-refractivity contribution < 1.29 is 0 Å². The Morgan fingerprint density at radius 2 is 1.68 bits per heavy atom. The largest absolute Gasteiger partial charge is 0.350 e. The highest BCUT2D eigenvalue weighted by molar-refractivity contribution is 6.02. The number of hydrogen-bond donors (Lipinski definition) is 2. The molecule has 0 aliphatic rings. The minimum absolute atomic E-state index is 0.171. The van der Waals surface area contributed by atoms with Gasteiger partial charge in [-0.25, -0.2) is 4.98 Å². The zero-order valence-electron chi connectivity index (χ0n) is 14.8. The van der Waals surface area contributed by atoms with Crippen LogP contribution in [0.3, 0.4) is 0 Å². The van der Waals surface area contributed by atoms with Crippen molar-refractivity contribution in [2.45, 2.75) is 6.54 Å². The van der Waals surface area contributed by atoms with E-state index in [1.54, 1.807) is 10.8 Å². The van der Waals surface area contributed by atoms with Gasteiger partial charge in [-0.3, -0.25) is 14.5 Å². The fourth-order valence-corrected chi connectivity index (χ4v) is 3.27. The molecule has 0 aliphatic carbocycles. The van der Waals surface area contributed by atoms with Crippen LogP contribution in [0, 0.1) is 0 Å². The predicted octanol–water partition coefficient (Wildman–Crippen LogP) is 3.27. The van der Waals surface area contributed by atoms with Crippen molar-refractivity contribution in [3.8, 4) is 5.69 Å². The molecule has 2 aromatic carbocycles. The molecule has 0 unspecified atom stereocenters. The Morgan fingerprint density at radius 1 is 0.929 bits per heavy atom. The first-order chi connectivity index (χ1) is 13.8. The van der Waals surface area contributed by atoms with Gasteiger partial charge in [0.05, 0.1) is 28.2 Å². The van der Waals surface area contributed by atoms with Crippen LogP contribution in [-0.2, 0) is 6.54 Å². The van der Waals surface area contributed by atoms with Crippen molar-refractivity contribution in [3.05, 3.63) is 89.0 Å². The molecule has 0 amide bonds. The molecule has 0 saturated heterocycles. The Labute approximate surface area is 159 Å². The summed E-state index contributed by atoms with van der Waals surface area (Å²) < 4.78 is 1.60. The maximum atomic E-state index is 13.1. The summed E-state index contributed by atoms with van der Waals surface area (Å²) in [6.07, 6.45) is 3.26. The third-order valence-corrected chi connectivity index (χ3v) is 4.63. The molecule has 0 atom stereocenters. The molecule has 0 saturated carbocycles. The van der Waals surface area contributed by atoms with Crippen molar-refractivity contribution in [2.75, 3.05) is 5.32 Å². The van der Waals surface area contributed by atoms with E-state index in [4.69, 9.17) is 0 Å². The van der Waals surface area contributed by atoms with Gasteiger partial charge in [-0.2, -0.15) is 10.1 Å². The lowest BCUT2D eigenvalue weighted by Crippen LogP contribution is -2.20. The number of H-pyrrole nitrogens is 1. The summed E-state index contributed by atoms with van der Waals surface area (Å²) in [5.74, 6) is 0.458. The molecule has 5 aromatic rings. The first kappa shape index (κ1) is 16.2. The van der Waals surface area contributed by atoms with Crippen LogP contribution < -0.4 is 10.9 Å². The molecular formula is C21H16N6O. The van der Waals surface area contributed by atoms with Gasteiger partial charge in [0, 0.05) is 12.7 Å². The Kier molecular flexibility index (Phi) is 3.83. The number of hydrogen-bond acceptors (Lipinski definition) is 5. The lowest BCUT2D eigenvalue weighted by Gasteiger charge is -2.12. The molecule has 28 heavy (non-hydrogen) atoms. The minimum atomic E-state index is -0.171.